The van der Waals surface area contributed by atoms with E-state index < -0.39 is 0 Å². The Balaban J connectivity index is 1.42. The van der Waals surface area contributed by atoms with E-state index in [0.29, 0.717) is 28.9 Å². The zero-order valence-corrected chi connectivity index (χ0v) is 24.6. The van der Waals surface area contributed by atoms with Crippen molar-refractivity contribution in [3.8, 4) is 62.9 Å². The van der Waals surface area contributed by atoms with E-state index in [1.807, 2.05) is 127 Å². The van der Waals surface area contributed by atoms with E-state index in [4.69, 9.17) is 24.9 Å². The minimum absolute atomic E-state index is 0.562. The molecule has 0 aliphatic rings. The second kappa shape index (κ2) is 11.2. The Morgan fingerprint density at radius 2 is 0.956 bits per heavy atom. The predicted octanol–water partition coefficient (Wildman–Crippen LogP) is 9.24. The smallest absolute Gasteiger partial charge is 0.165 e. The van der Waals surface area contributed by atoms with Gasteiger partial charge in [0, 0.05) is 37.9 Å². The first kappa shape index (κ1) is 26.5. The van der Waals surface area contributed by atoms with Gasteiger partial charge in [-0.2, -0.15) is 5.26 Å². The summed E-state index contributed by atoms with van der Waals surface area (Å²) in [5.74, 6) is 2.39. The van der Waals surface area contributed by atoms with Gasteiger partial charge >= 0.3 is 0 Å². The molecule has 45 heavy (non-hydrogen) atoms. The zero-order valence-electron chi connectivity index (χ0n) is 23.8. The van der Waals surface area contributed by atoms with Gasteiger partial charge in [-0.1, -0.05) is 121 Å². The van der Waals surface area contributed by atoms with Crippen LogP contribution in [-0.4, -0.2) is 24.9 Å². The predicted molar refractivity (Wildman–Crippen MR) is 180 cm³/mol. The Morgan fingerprint density at radius 1 is 0.444 bits per heavy atom. The molecule has 0 saturated heterocycles. The van der Waals surface area contributed by atoms with E-state index in [1.54, 1.807) is 11.3 Å². The van der Waals surface area contributed by atoms with Gasteiger partial charge in [-0.05, 0) is 12.1 Å². The normalized spacial score (nSPS) is 11.1. The number of benzene rings is 5. The molecule has 0 aliphatic heterocycles. The Labute approximate surface area is 263 Å². The van der Waals surface area contributed by atoms with Crippen LogP contribution in [0.2, 0.25) is 0 Å². The van der Waals surface area contributed by atoms with Gasteiger partial charge in [-0.15, -0.1) is 11.3 Å². The number of hydrogen-bond acceptors (Lipinski definition) is 7. The van der Waals surface area contributed by atoms with Crippen molar-refractivity contribution < 1.29 is 0 Å². The van der Waals surface area contributed by atoms with E-state index in [1.165, 1.54) is 0 Å². The Kier molecular flexibility index (Phi) is 6.60. The van der Waals surface area contributed by atoms with Gasteiger partial charge in [-0.3, -0.25) is 0 Å². The van der Waals surface area contributed by atoms with E-state index in [9.17, 15) is 5.26 Å². The topological polar surface area (TPSA) is 88.2 Å². The van der Waals surface area contributed by atoms with Gasteiger partial charge in [0.1, 0.15) is 0 Å². The van der Waals surface area contributed by atoms with E-state index in [2.05, 4.69) is 12.1 Å². The molecule has 5 aromatic carbocycles. The molecule has 3 heterocycles. The van der Waals surface area contributed by atoms with Crippen LogP contribution in [0.15, 0.2) is 133 Å². The monoisotopic (exact) mass is 594 g/mol. The SMILES string of the molecule is N#Cc1ccccc1-c1nc(-c2ccccc2)nc2c1sc1c(-c3nc(-c4ccccc4)nc(-c4ccccc4)n3)cccc12. The van der Waals surface area contributed by atoms with Crippen LogP contribution in [0.3, 0.4) is 0 Å². The van der Waals surface area contributed by atoms with Gasteiger partial charge < -0.3 is 0 Å². The van der Waals surface area contributed by atoms with Crippen LogP contribution in [0.4, 0.5) is 0 Å². The minimum Gasteiger partial charge on any atom is -0.226 e. The lowest BCUT2D eigenvalue weighted by atomic mass is 10.0. The van der Waals surface area contributed by atoms with Crippen LogP contribution < -0.4 is 0 Å². The molecule has 6 nitrogen and oxygen atoms in total. The highest BCUT2D eigenvalue weighted by Gasteiger charge is 2.21. The first-order valence-electron chi connectivity index (χ1n) is 14.4. The number of nitrogens with zero attached hydrogens (tertiary/aromatic N) is 6. The summed E-state index contributed by atoms with van der Waals surface area (Å²) >= 11 is 1.60. The fraction of sp³-hybridized carbons (Fsp3) is 0. The lowest BCUT2D eigenvalue weighted by molar-refractivity contribution is 1.08. The highest BCUT2D eigenvalue weighted by Crippen LogP contribution is 2.43. The maximum absolute atomic E-state index is 10.00. The first-order chi connectivity index (χ1) is 22.3. The Bertz CT molecular complexity index is 2320. The molecular weight excluding hydrogens is 573 g/mol. The van der Waals surface area contributed by atoms with Crippen molar-refractivity contribution >= 4 is 31.6 Å². The van der Waals surface area contributed by atoms with Gasteiger partial charge in [0.15, 0.2) is 23.3 Å². The van der Waals surface area contributed by atoms with Crippen molar-refractivity contribution in [2.75, 3.05) is 0 Å². The van der Waals surface area contributed by atoms with Gasteiger partial charge in [-0.25, -0.2) is 24.9 Å². The van der Waals surface area contributed by atoms with Crippen LogP contribution in [0.25, 0.3) is 77.1 Å². The molecule has 0 spiro atoms. The molecule has 8 aromatic rings. The highest BCUT2D eigenvalue weighted by atomic mass is 32.1. The van der Waals surface area contributed by atoms with Crippen molar-refractivity contribution in [2.45, 2.75) is 0 Å². The van der Waals surface area contributed by atoms with Crippen LogP contribution in [0.1, 0.15) is 5.56 Å². The average Bonchev–Trinajstić information content (AvgIpc) is 3.51. The van der Waals surface area contributed by atoms with Gasteiger partial charge in [0.05, 0.1) is 27.5 Å². The quantitative estimate of drug-likeness (QED) is 0.197. The molecule has 8 rings (SSSR count). The molecule has 0 N–H and O–H groups in total. The summed E-state index contributed by atoms with van der Waals surface area (Å²) in [6, 6.07) is 45.9. The van der Waals surface area contributed by atoms with Crippen molar-refractivity contribution in [3.63, 3.8) is 0 Å². The Morgan fingerprint density at radius 3 is 1.56 bits per heavy atom. The average molecular weight is 595 g/mol. The largest absolute Gasteiger partial charge is 0.226 e. The van der Waals surface area contributed by atoms with Crippen molar-refractivity contribution in [3.05, 3.63) is 139 Å². The molecule has 0 saturated carbocycles. The summed E-state index contributed by atoms with van der Waals surface area (Å²) in [6.07, 6.45) is 0. The summed E-state index contributed by atoms with van der Waals surface area (Å²) in [5.41, 5.74) is 6.51. The fourth-order valence-corrected chi connectivity index (χ4v) is 6.71. The first-order valence-corrected chi connectivity index (χ1v) is 15.2. The fourth-order valence-electron chi connectivity index (χ4n) is 5.46. The number of thiophene rings is 1. The summed E-state index contributed by atoms with van der Waals surface area (Å²) in [5, 5.41) is 11.0. The molecule has 0 aliphatic carbocycles. The van der Waals surface area contributed by atoms with Crippen LogP contribution in [0.5, 0.6) is 0 Å². The van der Waals surface area contributed by atoms with E-state index >= 15 is 0 Å². The van der Waals surface area contributed by atoms with Gasteiger partial charge in [0.25, 0.3) is 0 Å². The van der Waals surface area contributed by atoms with Crippen molar-refractivity contribution in [2.24, 2.45) is 0 Å². The minimum atomic E-state index is 0.562. The maximum Gasteiger partial charge on any atom is 0.165 e. The third kappa shape index (κ3) is 4.80. The molecule has 0 atom stereocenters. The summed E-state index contributed by atoms with van der Waals surface area (Å²) < 4.78 is 1.90. The summed E-state index contributed by atoms with van der Waals surface area (Å²) in [4.78, 5) is 25.0. The molecule has 0 radical (unpaired) electrons. The third-order valence-corrected chi connectivity index (χ3v) is 8.85. The second-order valence-electron chi connectivity index (χ2n) is 10.4. The number of nitriles is 1. The molecule has 210 valence electrons. The van der Waals surface area contributed by atoms with Crippen LogP contribution in [-0.2, 0) is 0 Å². The third-order valence-electron chi connectivity index (χ3n) is 7.61. The molecule has 3 aromatic heterocycles. The van der Waals surface area contributed by atoms with E-state index in [-0.39, 0.29) is 0 Å². The number of hydrogen-bond donors (Lipinski definition) is 0. The van der Waals surface area contributed by atoms with E-state index in [0.717, 1.165) is 53.8 Å². The lowest BCUT2D eigenvalue weighted by Crippen LogP contribution is -2.00. The molecule has 0 bridgehead atoms. The van der Waals surface area contributed by atoms with Crippen LogP contribution >= 0.6 is 11.3 Å². The van der Waals surface area contributed by atoms with Crippen molar-refractivity contribution in [1.82, 2.24) is 24.9 Å². The maximum atomic E-state index is 10.00. The van der Waals surface area contributed by atoms with Crippen molar-refractivity contribution in [1.29, 1.82) is 5.26 Å². The zero-order chi connectivity index (χ0) is 30.2. The number of aromatic nitrogens is 5. The molecule has 0 unspecified atom stereocenters. The highest BCUT2D eigenvalue weighted by molar-refractivity contribution is 7.26. The summed E-state index contributed by atoms with van der Waals surface area (Å²) in [6.45, 7) is 0. The molecular formula is C38H22N6S. The molecule has 7 heteroatoms. The van der Waals surface area contributed by atoms with Gasteiger partial charge in [0.2, 0.25) is 0 Å². The lowest BCUT2D eigenvalue weighted by Gasteiger charge is -2.09. The number of fused-ring (bicyclic) bond motifs is 3. The molecule has 0 fully saturated rings. The summed E-state index contributed by atoms with van der Waals surface area (Å²) in [7, 11) is 0. The Hall–Kier alpha value is -6.10. The van der Waals surface area contributed by atoms with Crippen LogP contribution in [0, 0.1) is 11.3 Å². The molecule has 0 amide bonds. The second-order valence-corrected chi connectivity index (χ2v) is 11.4. The standard InChI is InChI=1S/C38H22N6S/c39-23-27-19-10-11-20-28(27)31-34-32(41-35(40-31)24-13-4-1-5-14-24)29-21-12-22-30(33(29)45-34)38-43-36(25-15-6-2-7-16-25)42-37(44-38)26-17-8-3-9-18-26/h1-22H. The number of rotatable bonds is 5.